The Labute approximate surface area is 84.3 Å². The summed E-state index contributed by atoms with van der Waals surface area (Å²) in [5.74, 6) is 1.36. The van der Waals surface area contributed by atoms with Crippen LogP contribution >= 0.6 is 0 Å². The van der Waals surface area contributed by atoms with Gasteiger partial charge in [0.05, 0.1) is 6.61 Å². The zero-order chi connectivity index (χ0) is 9.97. The van der Waals surface area contributed by atoms with Gasteiger partial charge in [0.1, 0.15) is 0 Å². The van der Waals surface area contributed by atoms with Gasteiger partial charge in [-0.1, -0.05) is 6.07 Å². The molecule has 14 heavy (non-hydrogen) atoms. The molecule has 3 nitrogen and oxygen atoms in total. The maximum Gasteiger partial charge on any atom is 0.213 e. The third kappa shape index (κ3) is 2.04. The van der Waals surface area contributed by atoms with Gasteiger partial charge in [0, 0.05) is 18.3 Å². The van der Waals surface area contributed by atoms with Crippen molar-refractivity contribution in [1.29, 1.82) is 0 Å². The Bertz CT molecular complexity index is 293. The lowest BCUT2D eigenvalue weighted by Gasteiger charge is -2.10. The van der Waals surface area contributed by atoms with Crippen molar-refractivity contribution in [3.63, 3.8) is 0 Å². The summed E-state index contributed by atoms with van der Waals surface area (Å²) in [7, 11) is 0. The zero-order valence-electron chi connectivity index (χ0n) is 8.44. The average molecular weight is 192 g/mol. The van der Waals surface area contributed by atoms with Crippen molar-refractivity contribution in [2.75, 3.05) is 6.61 Å². The first-order valence-electron chi connectivity index (χ1n) is 5.15. The highest BCUT2D eigenvalue weighted by Gasteiger charge is 2.29. The second-order valence-corrected chi connectivity index (χ2v) is 3.73. The molecule has 1 heterocycles. The molecular formula is C11H16N2O. The van der Waals surface area contributed by atoms with Crippen molar-refractivity contribution in [3.05, 3.63) is 23.9 Å². The standard InChI is InChI=1S/C11H16N2O/c1-2-14-10-6-5-9(7-13-10)11(12)8-3-4-8/h5-8,11H,2-4,12H2,1H3/t11-/m1/s1. The van der Waals surface area contributed by atoms with Gasteiger partial charge in [-0.25, -0.2) is 4.98 Å². The van der Waals surface area contributed by atoms with Gasteiger partial charge < -0.3 is 10.5 Å². The van der Waals surface area contributed by atoms with Crippen LogP contribution in [0.4, 0.5) is 0 Å². The van der Waals surface area contributed by atoms with E-state index >= 15 is 0 Å². The number of aromatic nitrogens is 1. The highest BCUT2D eigenvalue weighted by molar-refractivity contribution is 5.22. The Morgan fingerprint density at radius 1 is 1.57 bits per heavy atom. The number of rotatable bonds is 4. The summed E-state index contributed by atoms with van der Waals surface area (Å²) in [4.78, 5) is 4.20. The lowest BCUT2D eigenvalue weighted by atomic mass is 10.1. The minimum atomic E-state index is 0.165. The molecule has 0 spiro atoms. The van der Waals surface area contributed by atoms with Gasteiger partial charge in [0.2, 0.25) is 5.88 Å². The van der Waals surface area contributed by atoms with E-state index in [-0.39, 0.29) is 6.04 Å². The van der Waals surface area contributed by atoms with E-state index in [1.54, 1.807) is 0 Å². The lowest BCUT2D eigenvalue weighted by Crippen LogP contribution is -2.12. The predicted octanol–water partition coefficient (Wildman–Crippen LogP) is 1.89. The van der Waals surface area contributed by atoms with Gasteiger partial charge in [-0.15, -0.1) is 0 Å². The maximum absolute atomic E-state index is 6.04. The van der Waals surface area contributed by atoms with Crippen LogP contribution in [0.1, 0.15) is 31.4 Å². The topological polar surface area (TPSA) is 48.1 Å². The molecule has 0 amide bonds. The molecule has 1 fully saturated rings. The molecule has 2 N–H and O–H groups in total. The predicted molar refractivity (Wildman–Crippen MR) is 55.1 cm³/mol. The van der Waals surface area contributed by atoms with E-state index < -0.39 is 0 Å². The van der Waals surface area contributed by atoms with E-state index in [1.807, 2.05) is 25.3 Å². The summed E-state index contributed by atoms with van der Waals surface area (Å²) in [5, 5.41) is 0. The van der Waals surface area contributed by atoms with Gasteiger partial charge in [-0.2, -0.15) is 0 Å². The minimum Gasteiger partial charge on any atom is -0.478 e. The first-order chi connectivity index (χ1) is 6.81. The molecule has 0 aromatic carbocycles. The van der Waals surface area contributed by atoms with Crippen LogP contribution in [0.3, 0.4) is 0 Å². The first-order valence-corrected chi connectivity index (χ1v) is 5.15. The van der Waals surface area contributed by atoms with Crippen molar-refractivity contribution >= 4 is 0 Å². The molecular weight excluding hydrogens is 176 g/mol. The maximum atomic E-state index is 6.04. The Morgan fingerprint density at radius 2 is 2.36 bits per heavy atom. The molecule has 1 saturated carbocycles. The molecule has 1 aromatic rings. The molecule has 0 unspecified atom stereocenters. The zero-order valence-corrected chi connectivity index (χ0v) is 8.44. The van der Waals surface area contributed by atoms with Gasteiger partial charge in [0.15, 0.2) is 0 Å². The fourth-order valence-corrected chi connectivity index (χ4v) is 1.55. The fraction of sp³-hybridized carbons (Fsp3) is 0.545. The van der Waals surface area contributed by atoms with Crippen LogP contribution in [0.5, 0.6) is 5.88 Å². The van der Waals surface area contributed by atoms with Crippen LogP contribution in [-0.4, -0.2) is 11.6 Å². The molecule has 76 valence electrons. The summed E-state index contributed by atoms with van der Waals surface area (Å²) in [5.41, 5.74) is 7.16. The Balaban J connectivity index is 2.04. The van der Waals surface area contributed by atoms with Crippen molar-refractivity contribution in [3.8, 4) is 5.88 Å². The van der Waals surface area contributed by atoms with Crippen LogP contribution in [0.25, 0.3) is 0 Å². The van der Waals surface area contributed by atoms with Crippen LogP contribution in [0.15, 0.2) is 18.3 Å². The minimum absolute atomic E-state index is 0.165. The Hall–Kier alpha value is -1.09. The number of nitrogens with two attached hydrogens (primary N) is 1. The lowest BCUT2D eigenvalue weighted by molar-refractivity contribution is 0.326. The SMILES string of the molecule is CCOc1ccc([C@H](N)C2CC2)cn1. The first kappa shape index (κ1) is 9.46. The summed E-state index contributed by atoms with van der Waals surface area (Å²) >= 11 is 0. The molecule has 1 aliphatic rings. The summed E-state index contributed by atoms with van der Waals surface area (Å²) in [6, 6.07) is 4.07. The van der Waals surface area contributed by atoms with Crippen LogP contribution < -0.4 is 10.5 Å². The molecule has 0 saturated heterocycles. The number of ether oxygens (including phenoxy) is 1. The van der Waals surface area contributed by atoms with Crippen LogP contribution in [0, 0.1) is 5.92 Å². The van der Waals surface area contributed by atoms with E-state index in [0.717, 1.165) is 5.56 Å². The highest BCUT2D eigenvalue weighted by atomic mass is 16.5. The molecule has 3 heteroatoms. The fourth-order valence-electron chi connectivity index (χ4n) is 1.55. The average Bonchev–Trinajstić information content (AvgIpc) is 3.02. The number of hydrogen-bond donors (Lipinski definition) is 1. The summed E-state index contributed by atoms with van der Waals surface area (Å²) in [6.45, 7) is 2.60. The largest absolute Gasteiger partial charge is 0.478 e. The van der Waals surface area contributed by atoms with E-state index in [1.165, 1.54) is 12.8 Å². The molecule has 0 radical (unpaired) electrons. The third-order valence-corrected chi connectivity index (χ3v) is 2.57. The second-order valence-electron chi connectivity index (χ2n) is 3.73. The van der Waals surface area contributed by atoms with Crippen molar-refractivity contribution in [2.24, 2.45) is 11.7 Å². The number of pyridine rings is 1. The smallest absolute Gasteiger partial charge is 0.213 e. The van der Waals surface area contributed by atoms with Gasteiger partial charge in [-0.3, -0.25) is 0 Å². The quantitative estimate of drug-likeness (QED) is 0.792. The number of nitrogens with zero attached hydrogens (tertiary/aromatic N) is 1. The summed E-state index contributed by atoms with van der Waals surface area (Å²) < 4.78 is 5.26. The second kappa shape index (κ2) is 3.96. The molecule has 2 rings (SSSR count). The highest BCUT2D eigenvalue weighted by Crippen LogP contribution is 2.39. The number of hydrogen-bond acceptors (Lipinski definition) is 3. The van der Waals surface area contributed by atoms with E-state index in [4.69, 9.17) is 10.5 Å². The Kier molecular flexibility index (Phi) is 2.68. The van der Waals surface area contributed by atoms with Crippen molar-refractivity contribution in [1.82, 2.24) is 4.98 Å². The van der Waals surface area contributed by atoms with Gasteiger partial charge in [0.25, 0.3) is 0 Å². The van der Waals surface area contributed by atoms with E-state index in [0.29, 0.717) is 18.4 Å². The molecule has 0 bridgehead atoms. The van der Waals surface area contributed by atoms with E-state index in [2.05, 4.69) is 4.98 Å². The monoisotopic (exact) mass is 192 g/mol. The molecule has 0 aliphatic heterocycles. The third-order valence-electron chi connectivity index (χ3n) is 2.57. The van der Waals surface area contributed by atoms with E-state index in [9.17, 15) is 0 Å². The van der Waals surface area contributed by atoms with Gasteiger partial charge >= 0.3 is 0 Å². The van der Waals surface area contributed by atoms with Crippen molar-refractivity contribution in [2.45, 2.75) is 25.8 Å². The normalized spacial score (nSPS) is 17.9. The van der Waals surface area contributed by atoms with Crippen LogP contribution in [0.2, 0.25) is 0 Å². The summed E-state index contributed by atoms with van der Waals surface area (Å²) in [6.07, 6.45) is 4.34. The van der Waals surface area contributed by atoms with Gasteiger partial charge in [-0.05, 0) is 31.2 Å². The molecule has 1 aromatic heterocycles. The molecule has 1 atom stereocenters. The molecule has 1 aliphatic carbocycles. The van der Waals surface area contributed by atoms with Crippen LogP contribution in [-0.2, 0) is 0 Å². The Morgan fingerprint density at radius 3 is 2.86 bits per heavy atom. The van der Waals surface area contributed by atoms with Crippen molar-refractivity contribution < 1.29 is 4.74 Å².